The molecule has 2 saturated heterocycles. The van der Waals surface area contributed by atoms with Gasteiger partial charge in [0.25, 0.3) is 0 Å². The summed E-state index contributed by atoms with van der Waals surface area (Å²) < 4.78 is 25.6. The van der Waals surface area contributed by atoms with E-state index in [1.807, 2.05) is 30.3 Å². The average molecular weight is 622 g/mol. The first-order valence-corrected chi connectivity index (χ1v) is 16.8. The SMILES string of the molecule is CCC(CC(=Cc1cc(B2OC(C)(C)C(C)(C)O2)ccc1C)c1ccc(B2OC(C)(C)C(C)(C)O2)cc1C)C(O)c1ccccc1. The van der Waals surface area contributed by atoms with E-state index in [0.717, 1.165) is 39.6 Å². The maximum Gasteiger partial charge on any atom is 0.494 e. The van der Waals surface area contributed by atoms with Crippen LogP contribution in [0, 0.1) is 19.8 Å². The second-order valence-electron chi connectivity index (χ2n) is 15.3. The van der Waals surface area contributed by atoms with E-state index in [1.54, 1.807) is 0 Å². The van der Waals surface area contributed by atoms with E-state index in [9.17, 15) is 5.11 Å². The molecule has 2 heterocycles. The predicted molar refractivity (Wildman–Crippen MR) is 191 cm³/mol. The number of rotatable bonds is 9. The molecular formula is C39H52B2O5. The largest absolute Gasteiger partial charge is 0.494 e. The standard InChI is InChI=1S/C39H52B2O5/c1-12-28(35(42)29-16-14-13-15-17-29)23-31(34-21-20-32(22-27(34)3)40-43-36(4,5)37(6,7)44-40)24-30-25-33(19-18-26(30)2)41-45-38(8,9)39(10,11)46-41/h13-22,24-25,28,35,42H,12,23H2,1-11H3. The van der Waals surface area contributed by atoms with Gasteiger partial charge >= 0.3 is 14.2 Å². The minimum absolute atomic E-state index is 0.0300. The highest BCUT2D eigenvalue weighted by Gasteiger charge is 2.52. The number of aryl methyl sites for hydroxylation is 2. The summed E-state index contributed by atoms with van der Waals surface area (Å²) in [5.41, 5.74) is 7.06. The van der Waals surface area contributed by atoms with Crippen LogP contribution in [0.15, 0.2) is 66.7 Å². The van der Waals surface area contributed by atoms with Crippen molar-refractivity contribution in [3.63, 3.8) is 0 Å². The molecule has 3 aromatic carbocycles. The van der Waals surface area contributed by atoms with Crippen molar-refractivity contribution in [1.29, 1.82) is 0 Å². The van der Waals surface area contributed by atoms with Gasteiger partial charge in [0.2, 0.25) is 0 Å². The molecule has 244 valence electrons. The number of aliphatic hydroxyl groups excluding tert-OH is 1. The smallest absolute Gasteiger partial charge is 0.399 e. The van der Waals surface area contributed by atoms with Gasteiger partial charge in [0.05, 0.1) is 28.5 Å². The molecule has 0 saturated carbocycles. The molecule has 0 bridgehead atoms. The Hall–Kier alpha value is -2.67. The molecule has 2 fully saturated rings. The van der Waals surface area contributed by atoms with Crippen molar-refractivity contribution in [2.75, 3.05) is 0 Å². The van der Waals surface area contributed by atoms with Crippen molar-refractivity contribution < 1.29 is 23.7 Å². The molecule has 7 heteroatoms. The Bertz CT molecular complexity index is 1540. The van der Waals surface area contributed by atoms with Gasteiger partial charge in [-0.3, -0.25) is 0 Å². The molecule has 5 rings (SSSR count). The number of allylic oxidation sites excluding steroid dienone is 1. The van der Waals surface area contributed by atoms with Gasteiger partial charge in [-0.25, -0.2) is 0 Å². The maximum absolute atomic E-state index is 11.5. The van der Waals surface area contributed by atoms with Gasteiger partial charge in [-0.15, -0.1) is 0 Å². The summed E-state index contributed by atoms with van der Waals surface area (Å²) in [6.45, 7) is 23.1. The first-order chi connectivity index (χ1) is 21.4. The molecule has 0 amide bonds. The number of hydrogen-bond acceptors (Lipinski definition) is 5. The lowest BCUT2D eigenvalue weighted by atomic mass is 9.76. The number of benzene rings is 3. The first-order valence-electron chi connectivity index (χ1n) is 16.8. The highest BCUT2D eigenvalue weighted by Crippen LogP contribution is 2.39. The number of aliphatic hydroxyl groups is 1. The van der Waals surface area contributed by atoms with E-state index < -0.39 is 42.7 Å². The molecule has 5 nitrogen and oxygen atoms in total. The van der Waals surface area contributed by atoms with Gasteiger partial charge in [0.15, 0.2) is 0 Å². The van der Waals surface area contributed by atoms with Crippen LogP contribution in [0.4, 0.5) is 0 Å². The molecular weight excluding hydrogens is 570 g/mol. The Kier molecular flexibility index (Phi) is 9.60. The van der Waals surface area contributed by atoms with Gasteiger partial charge in [-0.05, 0) is 126 Å². The lowest BCUT2D eigenvalue weighted by Gasteiger charge is -2.32. The summed E-state index contributed by atoms with van der Waals surface area (Å²) in [5.74, 6) is 0.0300. The Balaban J connectivity index is 1.54. The normalized spacial score (nSPS) is 21.4. The van der Waals surface area contributed by atoms with E-state index in [4.69, 9.17) is 18.6 Å². The van der Waals surface area contributed by atoms with Crippen LogP contribution in [0.2, 0.25) is 0 Å². The lowest BCUT2D eigenvalue weighted by Crippen LogP contribution is -2.41. The van der Waals surface area contributed by atoms with Gasteiger partial charge in [-0.1, -0.05) is 86.2 Å². The fourth-order valence-corrected chi connectivity index (χ4v) is 6.23. The molecule has 46 heavy (non-hydrogen) atoms. The Morgan fingerprint density at radius 3 is 1.70 bits per heavy atom. The topological polar surface area (TPSA) is 57.2 Å². The molecule has 2 unspecified atom stereocenters. The van der Waals surface area contributed by atoms with Crippen LogP contribution >= 0.6 is 0 Å². The molecule has 2 aliphatic heterocycles. The third-order valence-electron chi connectivity index (χ3n) is 10.9. The summed E-state index contributed by atoms with van der Waals surface area (Å²) in [6, 6.07) is 22.9. The van der Waals surface area contributed by atoms with Crippen LogP contribution in [0.5, 0.6) is 0 Å². The highest BCUT2D eigenvalue weighted by molar-refractivity contribution is 6.62. The van der Waals surface area contributed by atoms with Crippen molar-refractivity contribution in [3.05, 3.63) is 94.5 Å². The van der Waals surface area contributed by atoms with Gasteiger partial charge < -0.3 is 23.7 Å². The van der Waals surface area contributed by atoms with Crippen molar-refractivity contribution in [2.45, 2.75) is 118 Å². The summed E-state index contributed by atoms with van der Waals surface area (Å²) >= 11 is 0. The van der Waals surface area contributed by atoms with E-state index in [1.165, 1.54) is 11.1 Å². The zero-order valence-corrected chi connectivity index (χ0v) is 29.7. The Morgan fingerprint density at radius 2 is 1.20 bits per heavy atom. The third kappa shape index (κ3) is 6.81. The first kappa shape index (κ1) is 34.7. The van der Waals surface area contributed by atoms with E-state index in [0.29, 0.717) is 6.42 Å². The molecule has 3 aromatic rings. The molecule has 2 atom stereocenters. The van der Waals surface area contributed by atoms with Gasteiger partial charge in [-0.2, -0.15) is 0 Å². The van der Waals surface area contributed by atoms with Gasteiger partial charge in [0, 0.05) is 0 Å². The van der Waals surface area contributed by atoms with Crippen molar-refractivity contribution in [2.24, 2.45) is 5.92 Å². The maximum atomic E-state index is 11.5. The molecule has 0 aliphatic carbocycles. The summed E-state index contributed by atoms with van der Waals surface area (Å²) in [5, 5.41) is 11.5. The predicted octanol–water partition coefficient (Wildman–Crippen LogP) is 7.59. The lowest BCUT2D eigenvalue weighted by molar-refractivity contribution is 0.00578. The average Bonchev–Trinajstić information content (AvgIpc) is 3.35. The van der Waals surface area contributed by atoms with E-state index >= 15 is 0 Å². The van der Waals surface area contributed by atoms with Crippen LogP contribution in [-0.4, -0.2) is 41.7 Å². The zero-order valence-electron chi connectivity index (χ0n) is 29.7. The Labute approximate surface area is 278 Å². The second kappa shape index (κ2) is 12.7. The molecule has 1 N–H and O–H groups in total. The highest BCUT2D eigenvalue weighted by atomic mass is 16.7. The molecule has 2 aliphatic rings. The zero-order chi connectivity index (χ0) is 33.7. The molecule has 0 aromatic heterocycles. The minimum atomic E-state index is -0.573. The van der Waals surface area contributed by atoms with Crippen LogP contribution in [0.25, 0.3) is 11.6 Å². The summed E-state index contributed by atoms with van der Waals surface area (Å²) in [6.07, 6.45) is 3.27. The van der Waals surface area contributed by atoms with E-state index in [2.05, 4.69) is 119 Å². The van der Waals surface area contributed by atoms with E-state index in [-0.39, 0.29) is 5.92 Å². The molecule has 0 radical (unpaired) electrons. The third-order valence-corrected chi connectivity index (χ3v) is 10.9. The van der Waals surface area contributed by atoms with Crippen LogP contribution in [-0.2, 0) is 18.6 Å². The van der Waals surface area contributed by atoms with Gasteiger partial charge in [0.1, 0.15) is 0 Å². The fraction of sp³-hybridized carbons (Fsp3) is 0.487. The fourth-order valence-electron chi connectivity index (χ4n) is 6.23. The van der Waals surface area contributed by atoms with Crippen LogP contribution in [0.1, 0.15) is 109 Å². The monoisotopic (exact) mass is 622 g/mol. The van der Waals surface area contributed by atoms with Crippen molar-refractivity contribution >= 4 is 36.8 Å². The molecule has 0 spiro atoms. The van der Waals surface area contributed by atoms with Crippen LogP contribution in [0.3, 0.4) is 0 Å². The van der Waals surface area contributed by atoms with Crippen LogP contribution < -0.4 is 10.9 Å². The van der Waals surface area contributed by atoms with Crippen molar-refractivity contribution in [3.8, 4) is 0 Å². The Morgan fingerprint density at radius 1 is 0.696 bits per heavy atom. The minimum Gasteiger partial charge on any atom is -0.399 e. The summed E-state index contributed by atoms with van der Waals surface area (Å²) in [4.78, 5) is 0. The number of hydrogen-bond donors (Lipinski definition) is 1. The second-order valence-corrected chi connectivity index (χ2v) is 15.3. The quantitative estimate of drug-likeness (QED) is 0.197. The van der Waals surface area contributed by atoms with Crippen molar-refractivity contribution in [1.82, 2.24) is 0 Å². The summed E-state index contributed by atoms with van der Waals surface area (Å²) in [7, 11) is -0.863.